The molecular weight excluding hydrogens is 468 g/mol. The number of rotatable bonds is 8. The van der Waals surface area contributed by atoms with E-state index in [9.17, 15) is 26.4 Å². The molecule has 0 radical (unpaired) electrons. The summed E-state index contributed by atoms with van der Waals surface area (Å²) in [5.41, 5.74) is 5.53. The van der Waals surface area contributed by atoms with Gasteiger partial charge in [0.15, 0.2) is 0 Å². The Labute approximate surface area is 195 Å². The lowest BCUT2D eigenvalue weighted by Crippen LogP contribution is -2.62. The van der Waals surface area contributed by atoms with E-state index in [2.05, 4.69) is 5.32 Å². The Kier molecular flexibility index (Phi) is 8.14. The van der Waals surface area contributed by atoms with Crippen LogP contribution in [0.2, 0.25) is 0 Å². The van der Waals surface area contributed by atoms with E-state index in [4.69, 9.17) is 5.73 Å². The molecule has 0 aromatic heterocycles. The number of nitrogens with one attached hydrogen (secondary N) is 1. The van der Waals surface area contributed by atoms with Crippen molar-refractivity contribution in [1.29, 1.82) is 0 Å². The number of nitrogens with two attached hydrogens (primary N) is 1. The first-order chi connectivity index (χ1) is 15.5. The third kappa shape index (κ3) is 6.31. The van der Waals surface area contributed by atoms with Gasteiger partial charge in [-0.3, -0.25) is 9.59 Å². The summed E-state index contributed by atoms with van der Waals surface area (Å²) in [4.78, 5) is 25.3. The molecule has 1 heterocycles. The summed E-state index contributed by atoms with van der Waals surface area (Å²) in [6.07, 6.45) is 6.51. The Morgan fingerprint density at radius 1 is 1.06 bits per heavy atom. The predicted octanol–water partition coefficient (Wildman–Crippen LogP) is 0.262. The molecule has 2 aliphatic rings. The van der Waals surface area contributed by atoms with Crippen molar-refractivity contribution in [2.45, 2.75) is 55.5 Å². The highest BCUT2D eigenvalue weighted by Crippen LogP contribution is 2.28. The third-order valence-corrected chi connectivity index (χ3v) is 9.53. The minimum Gasteiger partial charge on any atom is -0.368 e. The summed E-state index contributed by atoms with van der Waals surface area (Å²) in [5, 5.41) is 2.61. The van der Waals surface area contributed by atoms with E-state index in [1.807, 2.05) is 0 Å². The lowest BCUT2D eigenvalue weighted by atomic mass is 9.84. The van der Waals surface area contributed by atoms with Crippen molar-refractivity contribution >= 4 is 31.9 Å². The molecule has 3 rings (SSSR count). The third-order valence-electron chi connectivity index (χ3n) is 6.36. The maximum absolute atomic E-state index is 13.2. The first-order valence-corrected chi connectivity index (χ1v) is 14.4. The van der Waals surface area contributed by atoms with Gasteiger partial charge in [0.2, 0.25) is 31.9 Å². The summed E-state index contributed by atoms with van der Waals surface area (Å²) >= 11 is 0. The van der Waals surface area contributed by atoms with Crippen LogP contribution in [0, 0.1) is 5.92 Å². The highest BCUT2D eigenvalue weighted by atomic mass is 32.2. The molecule has 1 aromatic rings. The normalized spacial score (nSPS) is 22.5. The van der Waals surface area contributed by atoms with E-state index in [-0.39, 0.29) is 30.4 Å². The standard InChI is InChI=1S/C21H32N4O6S2/c1-32(28,29)25-13-12-24(33(30,31)17-10-6-3-7-11-17)15-19(25)21(27)23-18(20(22)26)14-16-8-4-2-5-9-16/h3,6-7,10-11,16,18-19H,2,4-5,8-9,12-15H2,1H3,(H2,22,26)(H,23,27). The summed E-state index contributed by atoms with van der Waals surface area (Å²) in [5.74, 6) is -1.17. The van der Waals surface area contributed by atoms with Gasteiger partial charge in [-0.2, -0.15) is 8.61 Å². The molecule has 1 aliphatic carbocycles. The second-order valence-electron chi connectivity index (χ2n) is 8.77. The Hall–Kier alpha value is -2.02. The van der Waals surface area contributed by atoms with E-state index in [1.165, 1.54) is 12.1 Å². The fraction of sp³-hybridized carbons (Fsp3) is 0.619. The van der Waals surface area contributed by atoms with Gasteiger partial charge in [-0.1, -0.05) is 50.3 Å². The minimum atomic E-state index is -3.92. The van der Waals surface area contributed by atoms with Gasteiger partial charge in [-0.15, -0.1) is 0 Å². The van der Waals surface area contributed by atoms with Crippen LogP contribution in [0.25, 0.3) is 0 Å². The maximum Gasteiger partial charge on any atom is 0.243 e. The Balaban J connectivity index is 1.80. The zero-order valence-corrected chi connectivity index (χ0v) is 20.4. The quantitative estimate of drug-likeness (QED) is 0.523. The SMILES string of the molecule is CS(=O)(=O)N1CCN(S(=O)(=O)c2ccccc2)CC1C(=O)NC(CC1CCCCC1)C(N)=O. The summed E-state index contributed by atoms with van der Waals surface area (Å²) in [6, 6.07) is 5.51. The highest BCUT2D eigenvalue weighted by Gasteiger charge is 2.42. The van der Waals surface area contributed by atoms with Gasteiger partial charge in [0.1, 0.15) is 12.1 Å². The molecule has 1 saturated carbocycles. The van der Waals surface area contributed by atoms with Gasteiger partial charge in [0.05, 0.1) is 11.2 Å². The van der Waals surface area contributed by atoms with E-state index in [0.29, 0.717) is 6.42 Å². The molecular formula is C21H32N4O6S2. The van der Waals surface area contributed by atoms with Gasteiger partial charge in [-0.05, 0) is 24.5 Å². The molecule has 1 aromatic carbocycles. The van der Waals surface area contributed by atoms with Crippen LogP contribution >= 0.6 is 0 Å². The van der Waals surface area contributed by atoms with Crippen molar-refractivity contribution in [3.8, 4) is 0 Å². The molecule has 2 amide bonds. The second-order valence-corrected chi connectivity index (χ2v) is 12.6. The molecule has 12 heteroatoms. The lowest BCUT2D eigenvalue weighted by Gasteiger charge is -2.38. The summed E-state index contributed by atoms with van der Waals surface area (Å²) in [6.45, 7) is -0.618. The van der Waals surface area contributed by atoms with Gasteiger partial charge in [0.25, 0.3) is 0 Å². The highest BCUT2D eigenvalue weighted by molar-refractivity contribution is 7.89. The molecule has 0 bridgehead atoms. The molecule has 3 N–H and O–H groups in total. The number of amides is 2. The molecule has 184 valence electrons. The van der Waals surface area contributed by atoms with Crippen LogP contribution in [0.3, 0.4) is 0 Å². The number of hydrogen-bond acceptors (Lipinski definition) is 6. The Bertz CT molecular complexity index is 1060. The number of carbonyl (C=O) groups excluding carboxylic acids is 2. The minimum absolute atomic E-state index is 0.0595. The van der Waals surface area contributed by atoms with Gasteiger partial charge in [0, 0.05) is 19.6 Å². The molecule has 2 fully saturated rings. The number of benzene rings is 1. The van der Waals surface area contributed by atoms with Crippen LogP contribution in [-0.4, -0.2) is 75.2 Å². The zero-order chi connectivity index (χ0) is 24.2. The van der Waals surface area contributed by atoms with Crippen molar-refractivity contribution in [1.82, 2.24) is 13.9 Å². The molecule has 2 atom stereocenters. The van der Waals surface area contributed by atoms with Crippen LogP contribution in [-0.2, 0) is 29.6 Å². The van der Waals surface area contributed by atoms with Crippen LogP contribution in [0.4, 0.5) is 0 Å². The fourth-order valence-electron chi connectivity index (χ4n) is 4.58. The topological polar surface area (TPSA) is 147 Å². The Morgan fingerprint density at radius 3 is 2.27 bits per heavy atom. The lowest BCUT2D eigenvalue weighted by molar-refractivity contribution is -0.131. The monoisotopic (exact) mass is 500 g/mol. The molecule has 10 nitrogen and oxygen atoms in total. The number of nitrogens with zero attached hydrogens (tertiary/aromatic N) is 2. The maximum atomic E-state index is 13.2. The van der Waals surface area contributed by atoms with Crippen LogP contribution in [0.5, 0.6) is 0 Å². The smallest absolute Gasteiger partial charge is 0.243 e. The largest absolute Gasteiger partial charge is 0.368 e. The van der Waals surface area contributed by atoms with Crippen molar-refractivity contribution in [3.05, 3.63) is 30.3 Å². The van der Waals surface area contributed by atoms with Crippen LogP contribution in [0.1, 0.15) is 38.5 Å². The van der Waals surface area contributed by atoms with E-state index < -0.39 is 43.9 Å². The molecule has 33 heavy (non-hydrogen) atoms. The average Bonchev–Trinajstić information content (AvgIpc) is 2.78. The number of sulfonamides is 2. The molecule has 1 saturated heterocycles. The molecule has 2 unspecified atom stereocenters. The van der Waals surface area contributed by atoms with E-state index >= 15 is 0 Å². The van der Waals surface area contributed by atoms with Crippen molar-refractivity contribution < 1.29 is 26.4 Å². The van der Waals surface area contributed by atoms with Crippen molar-refractivity contribution in [2.24, 2.45) is 11.7 Å². The average molecular weight is 501 g/mol. The van der Waals surface area contributed by atoms with E-state index in [0.717, 1.165) is 47.0 Å². The molecule has 0 spiro atoms. The number of carbonyl (C=O) groups is 2. The summed E-state index contributed by atoms with van der Waals surface area (Å²) in [7, 11) is -7.73. The first-order valence-electron chi connectivity index (χ1n) is 11.1. The number of primary amides is 1. The molecule has 1 aliphatic heterocycles. The van der Waals surface area contributed by atoms with Crippen LogP contribution < -0.4 is 11.1 Å². The number of piperazine rings is 1. The van der Waals surface area contributed by atoms with Gasteiger partial charge >= 0.3 is 0 Å². The van der Waals surface area contributed by atoms with Crippen molar-refractivity contribution in [3.63, 3.8) is 0 Å². The van der Waals surface area contributed by atoms with Gasteiger partial charge in [-0.25, -0.2) is 16.8 Å². The second kappa shape index (κ2) is 10.5. The zero-order valence-electron chi connectivity index (χ0n) is 18.7. The number of hydrogen-bond donors (Lipinski definition) is 2. The predicted molar refractivity (Wildman–Crippen MR) is 123 cm³/mol. The Morgan fingerprint density at radius 2 is 1.70 bits per heavy atom. The fourth-order valence-corrected chi connectivity index (χ4v) is 7.08. The summed E-state index contributed by atoms with van der Waals surface area (Å²) < 4.78 is 52.9. The van der Waals surface area contributed by atoms with Crippen LogP contribution in [0.15, 0.2) is 35.2 Å². The first kappa shape index (κ1) is 25.6. The van der Waals surface area contributed by atoms with Gasteiger partial charge < -0.3 is 11.1 Å². The van der Waals surface area contributed by atoms with E-state index in [1.54, 1.807) is 18.2 Å². The van der Waals surface area contributed by atoms with Crippen molar-refractivity contribution in [2.75, 3.05) is 25.9 Å².